The van der Waals surface area contributed by atoms with Crippen molar-refractivity contribution in [3.63, 3.8) is 0 Å². The number of nitrogens with zero attached hydrogens (tertiary/aromatic N) is 2. The van der Waals surface area contributed by atoms with E-state index in [0.717, 1.165) is 11.1 Å². The van der Waals surface area contributed by atoms with Gasteiger partial charge in [0, 0.05) is 11.6 Å². The van der Waals surface area contributed by atoms with Crippen molar-refractivity contribution in [2.24, 2.45) is 5.92 Å². The highest BCUT2D eigenvalue weighted by atomic mass is 16.1. The van der Waals surface area contributed by atoms with Crippen LogP contribution in [0.1, 0.15) is 19.5 Å². The smallest absolute Gasteiger partial charge is 0.228 e. The van der Waals surface area contributed by atoms with Crippen molar-refractivity contribution in [3.8, 4) is 0 Å². The van der Waals surface area contributed by atoms with Crippen molar-refractivity contribution in [1.29, 1.82) is 0 Å². The largest absolute Gasteiger partial charge is 0.308 e. The molecule has 5 heteroatoms. The average Bonchev–Trinajstić information content (AvgIpc) is 2.60. The number of hydrogen-bond acceptors (Lipinski definition) is 3. The molecule has 2 rings (SSSR count). The van der Waals surface area contributed by atoms with Gasteiger partial charge in [-0.2, -0.15) is 5.10 Å². The van der Waals surface area contributed by atoms with Gasteiger partial charge in [0.1, 0.15) is 0 Å². The van der Waals surface area contributed by atoms with Crippen LogP contribution in [-0.2, 0) is 4.79 Å². The number of anilines is 1. The van der Waals surface area contributed by atoms with Gasteiger partial charge in [0.2, 0.25) is 5.91 Å². The Hall–Kier alpha value is -1.91. The average molecular weight is 218 g/mol. The zero-order valence-corrected chi connectivity index (χ0v) is 9.53. The number of aromatic amines is 1. The molecule has 0 aliphatic rings. The van der Waals surface area contributed by atoms with Gasteiger partial charge in [-0.1, -0.05) is 13.8 Å². The van der Waals surface area contributed by atoms with Crippen LogP contribution < -0.4 is 5.32 Å². The molecule has 1 amide bonds. The summed E-state index contributed by atoms with van der Waals surface area (Å²) in [5.41, 5.74) is 1.61. The predicted octanol–water partition coefficient (Wildman–Crippen LogP) is 1.86. The number of nitrogens with one attached hydrogen (secondary N) is 2. The van der Waals surface area contributed by atoms with Gasteiger partial charge >= 0.3 is 0 Å². The SMILES string of the molecule is Cc1ccc2c(NC(=O)C(C)C)n[nH]c2n1. The summed E-state index contributed by atoms with van der Waals surface area (Å²) in [6.07, 6.45) is 0. The molecule has 2 aromatic heterocycles. The number of carbonyl (C=O) groups excluding carboxylic acids is 1. The lowest BCUT2D eigenvalue weighted by atomic mass is 10.2. The monoisotopic (exact) mass is 218 g/mol. The van der Waals surface area contributed by atoms with E-state index in [0.29, 0.717) is 11.5 Å². The lowest BCUT2D eigenvalue weighted by molar-refractivity contribution is -0.118. The first-order valence-corrected chi connectivity index (χ1v) is 5.20. The molecule has 0 aromatic carbocycles. The molecule has 84 valence electrons. The van der Waals surface area contributed by atoms with Gasteiger partial charge in [0.15, 0.2) is 11.5 Å². The molecule has 0 aliphatic carbocycles. The maximum absolute atomic E-state index is 11.5. The van der Waals surface area contributed by atoms with Crippen LogP contribution in [0.3, 0.4) is 0 Å². The molecule has 0 atom stereocenters. The molecular weight excluding hydrogens is 204 g/mol. The van der Waals surface area contributed by atoms with Crippen molar-refractivity contribution in [1.82, 2.24) is 15.2 Å². The van der Waals surface area contributed by atoms with Crippen molar-refractivity contribution < 1.29 is 4.79 Å². The number of carbonyl (C=O) groups is 1. The Morgan fingerprint density at radius 1 is 1.44 bits per heavy atom. The summed E-state index contributed by atoms with van der Waals surface area (Å²) in [7, 11) is 0. The molecule has 0 aliphatic heterocycles. The van der Waals surface area contributed by atoms with Crippen LogP contribution in [0, 0.1) is 12.8 Å². The zero-order chi connectivity index (χ0) is 11.7. The van der Waals surface area contributed by atoms with Crippen molar-refractivity contribution >= 4 is 22.8 Å². The highest BCUT2D eigenvalue weighted by Gasteiger charge is 2.12. The van der Waals surface area contributed by atoms with Crippen LogP contribution in [0.25, 0.3) is 11.0 Å². The Bertz CT molecular complexity index is 530. The molecule has 0 saturated carbocycles. The van der Waals surface area contributed by atoms with E-state index in [-0.39, 0.29) is 11.8 Å². The van der Waals surface area contributed by atoms with Gasteiger partial charge in [0.25, 0.3) is 0 Å². The topological polar surface area (TPSA) is 70.7 Å². The second-order valence-corrected chi connectivity index (χ2v) is 4.06. The molecule has 2 N–H and O–H groups in total. The van der Waals surface area contributed by atoms with E-state index >= 15 is 0 Å². The molecule has 0 radical (unpaired) electrons. The fourth-order valence-electron chi connectivity index (χ4n) is 1.36. The molecular formula is C11H14N4O. The number of pyridine rings is 1. The maximum atomic E-state index is 11.5. The Labute approximate surface area is 93.3 Å². The summed E-state index contributed by atoms with van der Waals surface area (Å²) in [5, 5.41) is 10.4. The summed E-state index contributed by atoms with van der Waals surface area (Å²) < 4.78 is 0. The lowest BCUT2D eigenvalue weighted by Gasteiger charge is -2.04. The Morgan fingerprint density at radius 2 is 2.19 bits per heavy atom. The second-order valence-electron chi connectivity index (χ2n) is 4.06. The van der Waals surface area contributed by atoms with Crippen molar-refractivity contribution in [2.75, 3.05) is 5.32 Å². The van der Waals surface area contributed by atoms with Gasteiger partial charge in [-0.15, -0.1) is 0 Å². The van der Waals surface area contributed by atoms with Crippen LogP contribution in [0.4, 0.5) is 5.82 Å². The minimum Gasteiger partial charge on any atom is -0.308 e. The highest BCUT2D eigenvalue weighted by molar-refractivity contribution is 5.99. The normalized spacial score (nSPS) is 11.0. The predicted molar refractivity (Wildman–Crippen MR) is 62.1 cm³/mol. The van der Waals surface area contributed by atoms with E-state index in [1.54, 1.807) is 0 Å². The Balaban J connectivity index is 2.35. The van der Waals surface area contributed by atoms with Crippen LogP contribution in [-0.4, -0.2) is 21.1 Å². The summed E-state index contributed by atoms with van der Waals surface area (Å²) >= 11 is 0. The van der Waals surface area contributed by atoms with Crippen LogP contribution in [0.2, 0.25) is 0 Å². The van der Waals surface area contributed by atoms with Crippen molar-refractivity contribution in [3.05, 3.63) is 17.8 Å². The van der Waals surface area contributed by atoms with Gasteiger partial charge in [0.05, 0.1) is 5.39 Å². The number of fused-ring (bicyclic) bond motifs is 1. The highest BCUT2D eigenvalue weighted by Crippen LogP contribution is 2.19. The molecule has 2 aromatic rings. The first-order chi connectivity index (χ1) is 7.58. The molecule has 16 heavy (non-hydrogen) atoms. The van der Waals surface area contributed by atoms with Gasteiger partial charge in [-0.3, -0.25) is 9.89 Å². The van der Waals surface area contributed by atoms with Gasteiger partial charge in [-0.25, -0.2) is 4.98 Å². The summed E-state index contributed by atoms with van der Waals surface area (Å²) in [6, 6.07) is 3.79. The minimum atomic E-state index is -0.0647. The van der Waals surface area contributed by atoms with Gasteiger partial charge < -0.3 is 5.32 Å². The molecule has 0 saturated heterocycles. The van der Waals surface area contributed by atoms with Gasteiger partial charge in [-0.05, 0) is 19.1 Å². The summed E-state index contributed by atoms with van der Waals surface area (Å²) in [6.45, 7) is 5.59. The number of amides is 1. The zero-order valence-electron chi connectivity index (χ0n) is 9.53. The van der Waals surface area contributed by atoms with Crippen LogP contribution >= 0.6 is 0 Å². The molecule has 0 bridgehead atoms. The number of rotatable bonds is 2. The van der Waals surface area contributed by atoms with E-state index in [4.69, 9.17) is 0 Å². The molecule has 0 spiro atoms. The van der Waals surface area contributed by atoms with E-state index in [9.17, 15) is 4.79 Å². The van der Waals surface area contributed by atoms with Crippen LogP contribution in [0.5, 0.6) is 0 Å². The first-order valence-electron chi connectivity index (χ1n) is 5.20. The fraction of sp³-hybridized carbons (Fsp3) is 0.364. The molecule has 0 fully saturated rings. The standard InChI is InChI=1S/C11H14N4O/c1-6(2)11(16)13-10-8-5-4-7(3)12-9(8)14-15-10/h4-6H,1-3H3,(H2,12,13,14,15,16). The van der Waals surface area contributed by atoms with E-state index in [1.165, 1.54) is 0 Å². The van der Waals surface area contributed by atoms with E-state index in [2.05, 4.69) is 20.5 Å². The molecule has 0 unspecified atom stereocenters. The molecule has 5 nitrogen and oxygen atoms in total. The first kappa shape index (κ1) is 10.6. The summed E-state index contributed by atoms with van der Waals surface area (Å²) in [4.78, 5) is 15.8. The number of aromatic nitrogens is 3. The third-order valence-electron chi connectivity index (χ3n) is 2.33. The number of hydrogen-bond donors (Lipinski definition) is 2. The summed E-state index contributed by atoms with van der Waals surface area (Å²) in [5.74, 6) is 0.431. The maximum Gasteiger partial charge on any atom is 0.228 e. The third-order valence-corrected chi connectivity index (χ3v) is 2.33. The van der Waals surface area contributed by atoms with E-state index in [1.807, 2.05) is 32.9 Å². The third kappa shape index (κ3) is 1.88. The van der Waals surface area contributed by atoms with Crippen molar-refractivity contribution in [2.45, 2.75) is 20.8 Å². The lowest BCUT2D eigenvalue weighted by Crippen LogP contribution is -2.18. The fourth-order valence-corrected chi connectivity index (χ4v) is 1.36. The molecule has 2 heterocycles. The number of H-pyrrole nitrogens is 1. The number of aryl methyl sites for hydroxylation is 1. The second kappa shape index (κ2) is 3.92. The van der Waals surface area contributed by atoms with Crippen LogP contribution in [0.15, 0.2) is 12.1 Å². The van der Waals surface area contributed by atoms with E-state index < -0.39 is 0 Å². The minimum absolute atomic E-state index is 0.0472. The Morgan fingerprint density at radius 3 is 2.88 bits per heavy atom. The Kier molecular flexibility index (Phi) is 2.60. The quantitative estimate of drug-likeness (QED) is 0.808.